The lowest BCUT2D eigenvalue weighted by Crippen LogP contribution is -2.36. The zero-order chi connectivity index (χ0) is 25.5. The number of alkyl carbamates (subject to hydrolysis) is 1. The summed E-state index contributed by atoms with van der Waals surface area (Å²) in [5.41, 5.74) is 4.97. The number of benzene rings is 3. The summed E-state index contributed by atoms with van der Waals surface area (Å²) in [6.45, 7) is 3.50. The van der Waals surface area contributed by atoms with Crippen molar-refractivity contribution < 1.29 is 9.53 Å². The number of carbonyl (C=O) groups excluding carboxylic acids is 1. The molecule has 0 spiro atoms. The Morgan fingerprint density at radius 2 is 1.81 bits per heavy atom. The van der Waals surface area contributed by atoms with E-state index in [-0.39, 0.29) is 24.1 Å². The summed E-state index contributed by atoms with van der Waals surface area (Å²) < 4.78 is 7.42. The van der Waals surface area contributed by atoms with Crippen molar-refractivity contribution in [3.05, 3.63) is 99.1 Å². The van der Waals surface area contributed by atoms with Crippen LogP contribution in [0.2, 0.25) is 5.02 Å². The molecule has 0 bridgehead atoms. The van der Waals surface area contributed by atoms with E-state index in [2.05, 4.69) is 34.9 Å². The minimum atomic E-state index is -0.550. The molecule has 188 valence electrons. The van der Waals surface area contributed by atoms with E-state index in [1.165, 1.54) is 11.1 Å². The summed E-state index contributed by atoms with van der Waals surface area (Å²) in [7, 11) is 0. The first-order valence-electron chi connectivity index (χ1n) is 12.6. The topological polar surface area (TPSA) is 85.2 Å². The molecule has 1 unspecified atom stereocenters. The maximum absolute atomic E-state index is 13.5. The largest absolute Gasteiger partial charge is 0.449 e. The number of fused-ring (bicyclic) bond motifs is 4. The second-order valence-electron chi connectivity index (χ2n) is 9.62. The minimum absolute atomic E-state index is 0.0304. The number of ether oxygens (including phenoxy) is 1. The molecule has 4 aromatic rings. The van der Waals surface area contributed by atoms with E-state index in [4.69, 9.17) is 21.3 Å². The molecule has 2 aliphatic rings. The standard InChI is InChI=1S/C29H27ClN4O3/c1-17(27-33-25-12-6-11-24(30)26(25)28(35)34(27)18-13-14-31-15-18)32-29(36)37-16-23-21-9-4-2-7-19(21)20-8-3-5-10-22(20)23/h2-12,17-18,23,31H,13-16H2,1H3,(H,32,36)/t17-,18?/m0/s1. The lowest BCUT2D eigenvalue weighted by atomic mass is 9.98. The van der Waals surface area contributed by atoms with E-state index in [1.807, 2.05) is 31.2 Å². The van der Waals surface area contributed by atoms with Crippen LogP contribution in [0.3, 0.4) is 0 Å². The predicted octanol–water partition coefficient (Wildman–Crippen LogP) is 5.18. The van der Waals surface area contributed by atoms with Crippen LogP contribution >= 0.6 is 11.6 Å². The van der Waals surface area contributed by atoms with Gasteiger partial charge in [-0.1, -0.05) is 66.2 Å². The number of aromatic nitrogens is 2. The first kappa shape index (κ1) is 23.7. The van der Waals surface area contributed by atoms with Gasteiger partial charge in [0.05, 0.1) is 28.0 Å². The van der Waals surface area contributed by atoms with E-state index in [1.54, 1.807) is 22.8 Å². The molecule has 1 amide bonds. The fraction of sp³-hybridized carbons (Fsp3) is 0.276. The SMILES string of the molecule is C[C@H](NC(=O)OCC1c2ccccc2-c2ccccc21)c1nc2cccc(Cl)c2c(=O)n1C1CCNC1. The average molecular weight is 515 g/mol. The zero-order valence-corrected chi connectivity index (χ0v) is 21.2. The summed E-state index contributed by atoms with van der Waals surface area (Å²) in [6.07, 6.45) is 0.244. The van der Waals surface area contributed by atoms with Gasteiger partial charge in [0.1, 0.15) is 12.4 Å². The van der Waals surface area contributed by atoms with Gasteiger partial charge < -0.3 is 15.4 Å². The second kappa shape index (κ2) is 9.65. The van der Waals surface area contributed by atoms with Crippen LogP contribution in [0.1, 0.15) is 48.3 Å². The molecular formula is C29H27ClN4O3. The first-order valence-corrected chi connectivity index (χ1v) is 12.9. The molecule has 6 rings (SSSR count). The van der Waals surface area contributed by atoms with Crippen molar-refractivity contribution in [3.63, 3.8) is 0 Å². The van der Waals surface area contributed by atoms with Gasteiger partial charge in [-0.05, 0) is 54.3 Å². The second-order valence-corrected chi connectivity index (χ2v) is 10.0. The number of halogens is 1. The Labute approximate surface area is 219 Å². The molecule has 1 aliphatic carbocycles. The Morgan fingerprint density at radius 1 is 1.11 bits per heavy atom. The molecule has 2 atom stereocenters. The third-order valence-electron chi connectivity index (χ3n) is 7.37. The van der Waals surface area contributed by atoms with Gasteiger partial charge in [-0.25, -0.2) is 9.78 Å². The quantitative estimate of drug-likeness (QED) is 0.383. The van der Waals surface area contributed by atoms with E-state index in [0.717, 1.165) is 24.1 Å². The number of amides is 1. The summed E-state index contributed by atoms with van der Waals surface area (Å²) >= 11 is 6.37. The van der Waals surface area contributed by atoms with Crippen LogP contribution < -0.4 is 16.2 Å². The summed E-state index contributed by atoms with van der Waals surface area (Å²) in [5.74, 6) is 0.458. The number of nitrogens with zero attached hydrogens (tertiary/aromatic N) is 2. The smallest absolute Gasteiger partial charge is 0.407 e. The molecule has 0 saturated carbocycles. The molecule has 8 heteroatoms. The van der Waals surface area contributed by atoms with Crippen molar-refractivity contribution in [2.75, 3.05) is 19.7 Å². The van der Waals surface area contributed by atoms with Crippen molar-refractivity contribution in [2.45, 2.75) is 31.3 Å². The summed E-state index contributed by atoms with van der Waals surface area (Å²) in [5, 5.41) is 6.97. The highest BCUT2D eigenvalue weighted by molar-refractivity contribution is 6.35. The van der Waals surface area contributed by atoms with Crippen molar-refractivity contribution in [2.24, 2.45) is 0 Å². The maximum Gasteiger partial charge on any atom is 0.407 e. The van der Waals surface area contributed by atoms with E-state index in [0.29, 0.717) is 28.3 Å². The Morgan fingerprint density at radius 3 is 2.49 bits per heavy atom. The molecule has 3 aromatic carbocycles. The lowest BCUT2D eigenvalue weighted by molar-refractivity contribution is 0.139. The van der Waals surface area contributed by atoms with Crippen LogP contribution in [0.15, 0.2) is 71.5 Å². The number of carbonyl (C=O) groups is 1. The van der Waals surface area contributed by atoms with Gasteiger partial charge in [0.2, 0.25) is 0 Å². The molecule has 37 heavy (non-hydrogen) atoms. The van der Waals surface area contributed by atoms with Gasteiger partial charge in [0.25, 0.3) is 5.56 Å². The maximum atomic E-state index is 13.5. The molecule has 0 radical (unpaired) electrons. The van der Waals surface area contributed by atoms with Crippen LogP contribution in [-0.4, -0.2) is 35.3 Å². The van der Waals surface area contributed by atoms with Gasteiger partial charge in [-0.15, -0.1) is 0 Å². The fourth-order valence-electron chi connectivity index (χ4n) is 5.62. The third kappa shape index (κ3) is 4.18. The van der Waals surface area contributed by atoms with Crippen LogP contribution in [0.25, 0.3) is 22.0 Å². The minimum Gasteiger partial charge on any atom is -0.449 e. The lowest BCUT2D eigenvalue weighted by Gasteiger charge is -2.23. The molecule has 2 heterocycles. The Balaban J connectivity index is 1.25. The first-order chi connectivity index (χ1) is 18.0. The van der Waals surface area contributed by atoms with Crippen molar-refractivity contribution in [1.82, 2.24) is 20.2 Å². The fourth-order valence-corrected chi connectivity index (χ4v) is 5.87. The third-order valence-corrected chi connectivity index (χ3v) is 7.69. The summed E-state index contributed by atoms with van der Waals surface area (Å²) in [6, 6.07) is 21.1. The van der Waals surface area contributed by atoms with Gasteiger partial charge in [-0.2, -0.15) is 0 Å². The normalized spacial score (nSPS) is 17.4. The summed E-state index contributed by atoms with van der Waals surface area (Å²) in [4.78, 5) is 31.3. The molecule has 1 aliphatic heterocycles. The van der Waals surface area contributed by atoms with Gasteiger partial charge in [-0.3, -0.25) is 9.36 Å². The molecular weight excluding hydrogens is 488 g/mol. The number of nitrogens with one attached hydrogen (secondary N) is 2. The zero-order valence-electron chi connectivity index (χ0n) is 20.4. The number of hydrogen-bond acceptors (Lipinski definition) is 5. The van der Waals surface area contributed by atoms with Crippen LogP contribution in [0.5, 0.6) is 0 Å². The molecule has 1 fully saturated rings. The Hall–Kier alpha value is -3.68. The Kier molecular flexibility index (Phi) is 6.18. The van der Waals surface area contributed by atoms with Gasteiger partial charge >= 0.3 is 6.09 Å². The Bertz CT molecular complexity index is 1520. The van der Waals surface area contributed by atoms with Crippen LogP contribution in [-0.2, 0) is 4.74 Å². The highest BCUT2D eigenvalue weighted by Crippen LogP contribution is 2.44. The van der Waals surface area contributed by atoms with E-state index >= 15 is 0 Å². The van der Waals surface area contributed by atoms with E-state index < -0.39 is 12.1 Å². The molecule has 2 N–H and O–H groups in total. The van der Waals surface area contributed by atoms with Crippen LogP contribution in [0.4, 0.5) is 4.79 Å². The number of rotatable bonds is 5. The monoisotopic (exact) mass is 514 g/mol. The van der Waals surface area contributed by atoms with Gasteiger partial charge in [0, 0.05) is 12.5 Å². The van der Waals surface area contributed by atoms with Crippen molar-refractivity contribution in [1.29, 1.82) is 0 Å². The van der Waals surface area contributed by atoms with Crippen LogP contribution in [0, 0.1) is 0 Å². The highest BCUT2D eigenvalue weighted by atomic mass is 35.5. The van der Waals surface area contributed by atoms with Crippen molar-refractivity contribution in [3.8, 4) is 11.1 Å². The molecule has 7 nitrogen and oxygen atoms in total. The average Bonchev–Trinajstić information content (AvgIpc) is 3.54. The predicted molar refractivity (Wildman–Crippen MR) is 144 cm³/mol. The number of hydrogen-bond donors (Lipinski definition) is 2. The van der Waals surface area contributed by atoms with Gasteiger partial charge in [0.15, 0.2) is 0 Å². The molecule has 1 aromatic heterocycles. The van der Waals surface area contributed by atoms with Crippen molar-refractivity contribution >= 4 is 28.6 Å². The highest BCUT2D eigenvalue weighted by Gasteiger charge is 2.30. The van der Waals surface area contributed by atoms with E-state index in [9.17, 15) is 9.59 Å². The molecule has 1 saturated heterocycles.